The average molecular weight is 438 g/mol. The number of amides is 2. The first kappa shape index (κ1) is 22.5. The molecule has 32 heavy (non-hydrogen) atoms. The van der Waals surface area contributed by atoms with Gasteiger partial charge in [-0.25, -0.2) is 4.39 Å². The summed E-state index contributed by atoms with van der Waals surface area (Å²) < 4.78 is 13.2. The van der Waals surface area contributed by atoms with E-state index < -0.39 is 0 Å². The maximum atomic E-state index is 13.3. The standard InChI is InChI=1S/C26H32FN3O2/c27-24-11-9-22(10-12-24)19-28-13-5-15-29(17-16-28)26(32)23-8-4-14-30(20-23)25(31)18-21-6-2-1-3-7-21/h1-3,6-7,9-12,23H,4-5,8,13-20H2. The number of nitrogens with zero attached hydrogens (tertiary/aromatic N) is 3. The molecule has 2 aromatic rings. The zero-order chi connectivity index (χ0) is 22.3. The van der Waals surface area contributed by atoms with E-state index >= 15 is 0 Å². The average Bonchev–Trinajstić information content (AvgIpc) is 3.06. The highest BCUT2D eigenvalue weighted by molar-refractivity contribution is 5.82. The summed E-state index contributed by atoms with van der Waals surface area (Å²) in [7, 11) is 0. The number of rotatable bonds is 5. The third-order valence-electron chi connectivity index (χ3n) is 6.54. The Bertz CT molecular complexity index is 903. The van der Waals surface area contributed by atoms with Crippen molar-refractivity contribution >= 4 is 11.8 Å². The van der Waals surface area contributed by atoms with Crippen LogP contribution in [-0.2, 0) is 22.6 Å². The number of hydrogen-bond acceptors (Lipinski definition) is 3. The van der Waals surface area contributed by atoms with Gasteiger partial charge in [0.25, 0.3) is 0 Å². The van der Waals surface area contributed by atoms with Crippen molar-refractivity contribution in [2.24, 2.45) is 5.92 Å². The number of benzene rings is 2. The van der Waals surface area contributed by atoms with E-state index in [1.54, 1.807) is 0 Å². The molecule has 2 heterocycles. The van der Waals surface area contributed by atoms with E-state index in [0.29, 0.717) is 19.5 Å². The Kier molecular flexibility index (Phi) is 7.53. The Hall–Kier alpha value is -2.73. The number of piperidine rings is 1. The molecule has 2 aliphatic rings. The van der Waals surface area contributed by atoms with E-state index in [-0.39, 0.29) is 23.5 Å². The topological polar surface area (TPSA) is 43.9 Å². The van der Waals surface area contributed by atoms with Crippen LogP contribution in [0.4, 0.5) is 4.39 Å². The number of hydrogen-bond donors (Lipinski definition) is 0. The van der Waals surface area contributed by atoms with E-state index in [2.05, 4.69) is 4.90 Å². The lowest BCUT2D eigenvalue weighted by Crippen LogP contribution is -2.47. The smallest absolute Gasteiger partial charge is 0.227 e. The molecule has 2 fully saturated rings. The van der Waals surface area contributed by atoms with Crippen molar-refractivity contribution in [3.63, 3.8) is 0 Å². The first-order valence-electron chi connectivity index (χ1n) is 11.7. The third kappa shape index (κ3) is 5.94. The summed E-state index contributed by atoms with van der Waals surface area (Å²) in [5, 5.41) is 0. The van der Waals surface area contributed by atoms with Gasteiger partial charge in [0.05, 0.1) is 12.3 Å². The zero-order valence-electron chi connectivity index (χ0n) is 18.6. The number of halogens is 1. The van der Waals surface area contributed by atoms with Gasteiger partial charge in [-0.3, -0.25) is 14.5 Å². The number of likely N-dealkylation sites (tertiary alicyclic amines) is 1. The maximum Gasteiger partial charge on any atom is 0.227 e. The Morgan fingerprint density at radius 2 is 1.56 bits per heavy atom. The molecule has 0 N–H and O–H groups in total. The van der Waals surface area contributed by atoms with Crippen LogP contribution in [0.1, 0.15) is 30.4 Å². The molecule has 2 amide bonds. The van der Waals surface area contributed by atoms with E-state index in [0.717, 1.165) is 63.1 Å². The van der Waals surface area contributed by atoms with Crippen LogP contribution in [0.15, 0.2) is 54.6 Å². The summed E-state index contributed by atoms with van der Waals surface area (Å²) in [6.07, 6.45) is 3.05. The lowest BCUT2D eigenvalue weighted by molar-refractivity contribution is -0.140. The Morgan fingerprint density at radius 1 is 0.812 bits per heavy atom. The Morgan fingerprint density at radius 3 is 2.34 bits per heavy atom. The summed E-state index contributed by atoms with van der Waals surface area (Å²) in [5.74, 6) is -0.0295. The highest BCUT2D eigenvalue weighted by Crippen LogP contribution is 2.21. The zero-order valence-corrected chi connectivity index (χ0v) is 18.6. The van der Waals surface area contributed by atoms with E-state index in [4.69, 9.17) is 0 Å². The second-order valence-corrected chi connectivity index (χ2v) is 8.92. The van der Waals surface area contributed by atoms with Crippen molar-refractivity contribution in [3.8, 4) is 0 Å². The molecule has 2 aromatic carbocycles. The molecule has 5 nitrogen and oxygen atoms in total. The molecular weight excluding hydrogens is 405 g/mol. The second kappa shape index (κ2) is 10.7. The summed E-state index contributed by atoms with van der Waals surface area (Å²) in [6, 6.07) is 16.4. The summed E-state index contributed by atoms with van der Waals surface area (Å²) in [5.41, 5.74) is 2.10. The highest BCUT2D eigenvalue weighted by atomic mass is 19.1. The van der Waals surface area contributed by atoms with E-state index in [9.17, 15) is 14.0 Å². The molecule has 1 atom stereocenters. The van der Waals surface area contributed by atoms with Gasteiger partial charge >= 0.3 is 0 Å². The molecule has 170 valence electrons. The van der Waals surface area contributed by atoms with Gasteiger partial charge in [-0.05, 0) is 42.5 Å². The molecule has 2 saturated heterocycles. The van der Waals surface area contributed by atoms with Crippen LogP contribution in [-0.4, -0.2) is 65.8 Å². The first-order chi connectivity index (χ1) is 15.6. The third-order valence-corrected chi connectivity index (χ3v) is 6.54. The molecule has 0 aliphatic carbocycles. The van der Waals surface area contributed by atoms with Crippen molar-refractivity contribution in [2.45, 2.75) is 32.2 Å². The lowest BCUT2D eigenvalue weighted by Gasteiger charge is -2.35. The fraction of sp³-hybridized carbons (Fsp3) is 0.462. The minimum Gasteiger partial charge on any atom is -0.342 e. The minimum atomic E-state index is -0.217. The van der Waals surface area contributed by atoms with Crippen LogP contribution >= 0.6 is 0 Å². The van der Waals surface area contributed by atoms with Crippen molar-refractivity contribution in [1.82, 2.24) is 14.7 Å². The maximum absolute atomic E-state index is 13.3. The number of carbonyl (C=O) groups is 2. The van der Waals surface area contributed by atoms with Crippen LogP contribution in [0.25, 0.3) is 0 Å². The fourth-order valence-corrected chi connectivity index (χ4v) is 4.74. The van der Waals surface area contributed by atoms with E-state index in [1.807, 2.05) is 52.3 Å². The van der Waals surface area contributed by atoms with Gasteiger partial charge in [0.2, 0.25) is 11.8 Å². The van der Waals surface area contributed by atoms with Gasteiger partial charge < -0.3 is 9.80 Å². The molecule has 1 unspecified atom stereocenters. The molecule has 0 aromatic heterocycles. The Balaban J connectivity index is 1.29. The quantitative estimate of drug-likeness (QED) is 0.721. The van der Waals surface area contributed by atoms with Crippen LogP contribution < -0.4 is 0 Å². The molecule has 0 saturated carbocycles. The SMILES string of the molecule is O=C(Cc1ccccc1)N1CCCC(C(=O)N2CCCN(Cc3ccc(F)cc3)CC2)C1. The Labute approximate surface area is 189 Å². The predicted octanol–water partition coefficient (Wildman–Crippen LogP) is 3.34. The van der Waals surface area contributed by atoms with Crippen LogP contribution in [0, 0.1) is 11.7 Å². The lowest BCUT2D eigenvalue weighted by atomic mass is 9.95. The molecule has 6 heteroatoms. The largest absolute Gasteiger partial charge is 0.342 e. The van der Waals surface area contributed by atoms with E-state index in [1.165, 1.54) is 12.1 Å². The fourth-order valence-electron chi connectivity index (χ4n) is 4.74. The van der Waals surface area contributed by atoms with Gasteiger partial charge in [0.15, 0.2) is 0 Å². The van der Waals surface area contributed by atoms with Crippen LogP contribution in [0.2, 0.25) is 0 Å². The van der Waals surface area contributed by atoms with Gasteiger partial charge in [0, 0.05) is 45.8 Å². The van der Waals surface area contributed by atoms with Gasteiger partial charge in [0.1, 0.15) is 5.82 Å². The molecule has 0 radical (unpaired) electrons. The number of carbonyl (C=O) groups excluding carboxylic acids is 2. The van der Waals surface area contributed by atoms with Crippen molar-refractivity contribution in [3.05, 3.63) is 71.5 Å². The van der Waals surface area contributed by atoms with Crippen LogP contribution in [0.3, 0.4) is 0 Å². The summed E-state index contributed by atoms with van der Waals surface area (Å²) >= 11 is 0. The molecular formula is C26H32FN3O2. The molecule has 0 bridgehead atoms. The second-order valence-electron chi connectivity index (χ2n) is 8.92. The van der Waals surface area contributed by atoms with Crippen molar-refractivity contribution < 1.29 is 14.0 Å². The highest BCUT2D eigenvalue weighted by Gasteiger charge is 2.32. The molecule has 0 spiro atoms. The first-order valence-corrected chi connectivity index (χ1v) is 11.7. The monoisotopic (exact) mass is 437 g/mol. The van der Waals surface area contributed by atoms with Crippen LogP contribution in [0.5, 0.6) is 0 Å². The predicted molar refractivity (Wildman–Crippen MR) is 122 cm³/mol. The molecule has 4 rings (SSSR count). The van der Waals surface area contributed by atoms with Gasteiger partial charge in [-0.1, -0.05) is 42.5 Å². The normalized spacial score (nSPS) is 20.1. The van der Waals surface area contributed by atoms with Gasteiger partial charge in [-0.15, -0.1) is 0 Å². The van der Waals surface area contributed by atoms with Crippen molar-refractivity contribution in [2.75, 3.05) is 39.3 Å². The summed E-state index contributed by atoms with van der Waals surface area (Å²) in [6.45, 7) is 5.23. The summed E-state index contributed by atoms with van der Waals surface area (Å²) in [4.78, 5) is 32.2. The molecule has 2 aliphatic heterocycles. The minimum absolute atomic E-state index is 0.105. The van der Waals surface area contributed by atoms with Crippen molar-refractivity contribution in [1.29, 1.82) is 0 Å². The van der Waals surface area contributed by atoms with Gasteiger partial charge in [-0.2, -0.15) is 0 Å².